The topological polar surface area (TPSA) is 132 Å². The highest BCUT2D eigenvalue weighted by Crippen LogP contribution is 2.27. The maximum absolute atomic E-state index is 13.4. The minimum absolute atomic E-state index is 0.0211. The average molecular weight is 501 g/mol. The molecule has 3 rings (SSSR count). The number of nitrogens with one attached hydrogen (secondary N) is 3. The molecule has 0 saturated heterocycles. The second kappa shape index (κ2) is 13.6. The number of para-hydroxylation sites is 1. The van der Waals surface area contributed by atoms with Crippen LogP contribution in [0.15, 0.2) is 41.1 Å². The van der Waals surface area contributed by atoms with Gasteiger partial charge >= 0.3 is 0 Å². The summed E-state index contributed by atoms with van der Waals surface area (Å²) in [5, 5.41) is 12.0. The number of ether oxygens (including phenoxy) is 2. The Morgan fingerprint density at radius 3 is 2.47 bits per heavy atom. The minimum atomic E-state index is -0.965. The fraction of sp³-hybridized carbons (Fsp3) is 0.538. The van der Waals surface area contributed by atoms with Gasteiger partial charge in [-0.15, -0.1) is 0 Å². The molecular weight excluding hydrogens is 464 g/mol. The summed E-state index contributed by atoms with van der Waals surface area (Å²) in [7, 11) is 3.04. The zero-order valence-corrected chi connectivity index (χ0v) is 21.1. The Hall–Kier alpha value is -3.40. The van der Waals surface area contributed by atoms with Crippen molar-refractivity contribution in [3.05, 3.63) is 47.9 Å². The van der Waals surface area contributed by atoms with E-state index in [1.54, 1.807) is 14.0 Å². The second-order valence-electron chi connectivity index (χ2n) is 9.10. The molecule has 36 heavy (non-hydrogen) atoms. The Labute approximate surface area is 211 Å². The molecule has 3 atom stereocenters. The molecule has 1 aromatic heterocycles. The largest absolute Gasteiger partial charge is 0.496 e. The number of amides is 3. The number of nitrogens with zero attached hydrogens (tertiary/aromatic N) is 1. The van der Waals surface area contributed by atoms with E-state index in [4.69, 9.17) is 14.0 Å². The van der Waals surface area contributed by atoms with E-state index in [-0.39, 0.29) is 12.3 Å². The maximum atomic E-state index is 13.4. The summed E-state index contributed by atoms with van der Waals surface area (Å²) in [4.78, 5) is 39.2. The summed E-state index contributed by atoms with van der Waals surface area (Å²) in [6, 6.07) is 7.00. The van der Waals surface area contributed by atoms with Gasteiger partial charge in [0.25, 0.3) is 5.91 Å². The lowest BCUT2D eigenvalue weighted by atomic mass is 9.84. The van der Waals surface area contributed by atoms with E-state index in [0.717, 1.165) is 31.2 Å². The summed E-state index contributed by atoms with van der Waals surface area (Å²) >= 11 is 0. The van der Waals surface area contributed by atoms with E-state index in [0.29, 0.717) is 18.1 Å². The third-order valence-electron chi connectivity index (χ3n) is 6.64. The molecule has 0 aliphatic heterocycles. The van der Waals surface area contributed by atoms with Crippen LogP contribution in [0.5, 0.6) is 5.75 Å². The zero-order chi connectivity index (χ0) is 25.9. The molecule has 1 aliphatic rings. The molecule has 1 heterocycles. The van der Waals surface area contributed by atoms with Crippen LogP contribution in [-0.2, 0) is 20.9 Å². The van der Waals surface area contributed by atoms with Gasteiger partial charge in [0.1, 0.15) is 17.8 Å². The third-order valence-corrected chi connectivity index (χ3v) is 6.64. The van der Waals surface area contributed by atoms with E-state index in [2.05, 4.69) is 21.1 Å². The number of rotatable bonds is 12. The van der Waals surface area contributed by atoms with Gasteiger partial charge in [-0.1, -0.05) is 55.5 Å². The minimum Gasteiger partial charge on any atom is -0.496 e. The lowest BCUT2D eigenvalue weighted by Crippen LogP contribution is -2.57. The van der Waals surface area contributed by atoms with Crippen LogP contribution in [0.1, 0.15) is 61.6 Å². The second-order valence-corrected chi connectivity index (χ2v) is 9.10. The molecule has 2 aromatic rings. The van der Waals surface area contributed by atoms with Gasteiger partial charge in [0.05, 0.1) is 19.4 Å². The molecule has 0 radical (unpaired) electrons. The Bertz CT molecular complexity index is 990. The van der Waals surface area contributed by atoms with Crippen molar-refractivity contribution < 1.29 is 28.4 Å². The molecule has 0 unspecified atom stereocenters. The molecule has 10 heteroatoms. The first kappa shape index (κ1) is 27.2. The lowest BCUT2D eigenvalue weighted by molar-refractivity contribution is -0.133. The first-order valence-corrected chi connectivity index (χ1v) is 12.4. The van der Waals surface area contributed by atoms with Gasteiger partial charge in [-0.3, -0.25) is 14.4 Å². The predicted octanol–water partition coefficient (Wildman–Crippen LogP) is 2.59. The number of methoxy groups -OCH3 is 2. The first-order valence-electron chi connectivity index (χ1n) is 12.4. The Kier molecular flexibility index (Phi) is 10.3. The van der Waals surface area contributed by atoms with Crippen LogP contribution in [0.3, 0.4) is 0 Å². The van der Waals surface area contributed by atoms with Crippen LogP contribution in [0.25, 0.3) is 0 Å². The van der Waals surface area contributed by atoms with E-state index >= 15 is 0 Å². The smallest absolute Gasteiger partial charge is 0.290 e. The van der Waals surface area contributed by atoms with Crippen molar-refractivity contribution in [2.75, 3.05) is 14.2 Å². The normalized spacial score (nSPS) is 16.4. The van der Waals surface area contributed by atoms with E-state index in [9.17, 15) is 14.4 Å². The highest BCUT2D eigenvalue weighted by molar-refractivity contribution is 5.96. The fourth-order valence-corrected chi connectivity index (χ4v) is 4.48. The van der Waals surface area contributed by atoms with E-state index < -0.39 is 35.9 Å². The molecule has 1 aromatic carbocycles. The molecular formula is C26H36N4O6. The molecule has 3 N–H and O–H groups in total. The third kappa shape index (κ3) is 7.55. The van der Waals surface area contributed by atoms with Gasteiger partial charge in [-0.2, -0.15) is 0 Å². The molecule has 0 bridgehead atoms. The van der Waals surface area contributed by atoms with Crippen molar-refractivity contribution in [1.82, 2.24) is 21.1 Å². The van der Waals surface area contributed by atoms with Crippen LogP contribution in [0.4, 0.5) is 0 Å². The van der Waals surface area contributed by atoms with Crippen molar-refractivity contribution in [3.63, 3.8) is 0 Å². The number of benzene rings is 1. The van der Waals surface area contributed by atoms with Crippen LogP contribution in [0, 0.1) is 5.92 Å². The van der Waals surface area contributed by atoms with Crippen LogP contribution in [-0.4, -0.2) is 55.3 Å². The molecule has 1 fully saturated rings. The van der Waals surface area contributed by atoms with Crippen molar-refractivity contribution >= 4 is 17.7 Å². The lowest BCUT2D eigenvalue weighted by Gasteiger charge is -2.29. The Morgan fingerprint density at radius 1 is 1.06 bits per heavy atom. The average Bonchev–Trinajstić information content (AvgIpc) is 3.45. The number of carbonyl (C=O) groups excluding carboxylic acids is 3. The SMILES string of the molecule is COc1ccccc1CNC(=O)[C@@H](NC(=O)[C@H](CC1CCCCC1)NC(=O)c1ccno1)[C@@H](C)OC. The molecule has 0 spiro atoms. The number of carbonyl (C=O) groups is 3. The summed E-state index contributed by atoms with van der Waals surface area (Å²) < 4.78 is 15.7. The zero-order valence-electron chi connectivity index (χ0n) is 21.1. The molecule has 1 aliphatic carbocycles. The van der Waals surface area contributed by atoms with Gasteiger partial charge in [0, 0.05) is 25.3 Å². The number of hydrogen-bond donors (Lipinski definition) is 3. The van der Waals surface area contributed by atoms with E-state index in [1.165, 1.54) is 25.8 Å². The summed E-state index contributed by atoms with van der Waals surface area (Å²) in [5.74, 6) is -0.396. The molecule has 3 amide bonds. The van der Waals surface area contributed by atoms with Crippen molar-refractivity contribution in [3.8, 4) is 5.75 Å². The van der Waals surface area contributed by atoms with Gasteiger partial charge in [0.15, 0.2) is 0 Å². The fourth-order valence-electron chi connectivity index (χ4n) is 4.48. The maximum Gasteiger partial charge on any atom is 0.290 e. The van der Waals surface area contributed by atoms with Gasteiger partial charge in [-0.25, -0.2) is 0 Å². The van der Waals surface area contributed by atoms with Crippen molar-refractivity contribution in [2.24, 2.45) is 5.92 Å². The van der Waals surface area contributed by atoms with E-state index in [1.807, 2.05) is 24.3 Å². The van der Waals surface area contributed by atoms with Crippen LogP contribution >= 0.6 is 0 Å². The Morgan fingerprint density at radius 2 is 1.81 bits per heavy atom. The predicted molar refractivity (Wildman–Crippen MR) is 132 cm³/mol. The van der Waals surface area contributed by atoms with Crippen LogP contribution < -0.4 is 20.7 Å². The highest BCUT2D eigenvalue weighted by Gasteiger charge is 2.32. The summed E-state index contributed by atoms with van der Waals surface area (Å²) in [6.07, 6.45) is 6.62. The quantitative estimate of drug-likeness (QED) is 0.408. The summed E-state index contributed by atoms with van der Waals surface area (Å²) in [6.45, 7) is 1.93. The molecule has 196 valence electrons. The monoisotopic (exact) mass is 500 g/mol. The van der Waals surface area contributed by atoms with Gasteiger partial charge < -0.3 is 29.9 Å². The van der Waals surface area contributed by atoms with Crippen LogP contribution in [0.2, 0.25) is 0 Å². The van der Waals surface area contributed by atoms with Gasteiger partial charge in [-0.05, 0) is 25.3 Å². The van der Waals surface area contributed by atoms with Crippen molar-refractivity contribution in [1.29, 1.82) is 0 Å². The number of hydrogen-bond acceptors (Lipinski definition) is 7. The highest BCUT2D eigenvalue weighted by atomic mass is 16.5. The van der Waals surface area contributed by atoms with Gasteiger partial charge in [0.2, 0.25) is 17.6 Å². The standard InChI is InChI=1S/C26H36N4O6/c1-17(34-2)23(26(33)27-16-19-11-7-8-12-21(19)35-3)30-24(31)20(15-18-9-5-4-6-10-18)29-25(32)22-13-14-28-36-22/h7-8,11-14,17-18,20,23H,4-6,9-10,15-16H2,1-3H3,(H,27,33)(H,29,32)(H,30,31)/t17-,20+,23+/m1/s1. The molecule has 1 saturated carbocycles. The number of aromatic nitrogens is 1. The Balaban J connectivity index is 1.70. The van der Waals surface area contributed by atoms with Crippen molar-refractivity contribution in [2.45, 2.75) is 70.2 Å². The summed E-state index contributed by atoms with van der Waals surface area (Å²) in [5.41, 5.74) is 0.804. The molecule has 10 nitrogen and oxygen atoms in total. The first-order chi connectivity index (χ1) is 17.4.